The highest BCUT2D eigenvalue weighted by molar-refractivity contribution is 6.34. The fourth-order valence-corrected chi connectivity index (χ4v) is 2.15. The lowest BCUT2D eigenvalue weighted by Gasteiger charge is -2.08. The molecular formula is C14H10ClFN2O4. The minimum atomic E-state index is -0.893. The van der Waals surface area contributed by atoms with Crippen molar-refractivity contribution >= 4 is 23.1 Å². The molecule has 22 heavy (non-hydrogen) atoms. The van der Waals surface area contributed by atoms with Gasteiger partial charge in [0.25, 0.3) is 0 Å². The largest absolute Gasteiger partial charge is 0.334 e. The summed E-state index contributed by atoms with van der Waals surface area (Å²) in [4.78, 5) is 33.9. The van der Waals surface area contributed by atoms with Crippen molar-refractivity contribution in [3.8, 4) is 0 Å². The Kier molecular flexibility index (Phi) is 4.37. The number of carbonyl (C=O) groups excluding carboxylic acids is 1. The number of aromatic nitrogens is 1. The molecule has 6 nitrogen and oxygen atoms in total. The molecule has 0 saturated carbocycles. The molecule has 0 saturated heterocycles. The minimum Gasteiger partial charge on any atom is -0.302 e. The van der Waals surface area contributed by atoms with E-state index in [9.17, 15) is 24.1 Å². The molecule has 8 heteroatoms. The molecule has 0 atom stereocenters. The first-order chi connectivity index (χ1) is 10.3. The van der Waals surface area contributed by atoms with Crippen LogP contribution in [0.3, 0.4) is 0 Å². The molecule has 1 aromatic carbocycles. The molecule has 0 aliphatic carbocycles. The van der Waals surface area contributed by atoms with E-state index in [0.717, 1.165) is 16.7 Å². The third kappa shape index (κ3) is 3.04. The second-order valence-corrected chi connectivity index (χ2v) is 5.00. The zero-order valence-electron chi connectivity index (χ0n) is 11.4. The first kappa shape index (κ1) is 15.8. The molecule has 2 rings (SSSR count). The number of hydrogen-bond donors (Lipinski definition) is 0. The number of nitro groups is 1. The Morgan fingerprint density at radius 1 is 1.45 bits per heavy atom. The number of ketones is 1. The Labute approximate surface area is 128 Å². The Balaban J connectivity index is 2.38. The highest BCUT2D eigenvalue weighted by Crippen LogP contribution is 2.21. The molecule has 0 aliphatic heterocycles. The molecule has 0 amide bonds. The van der Waals surface area contributed by atoms with Crippen LogP contribution in [0.5, 0.6) is 0 Å². The number of pyridine rings is 1. The van der Waals surface area contributed by atoms with Crippen LogP contribution in [0.15, 0.2) is 35.3 Å². The number of hydrogen-bond acceptors (Lipinski definition) is 4. The van der Waals surface area contributed by atoms with Gasteiger partial charge in [0.05, 0.1) is 16.5 Å². The molecule has 2 aromatic rings. The van der Waals surface area contributed by atoms with Gasteiger partial charge in [-0.1, -0.05) is 11.6 Å². The van der Waals surface area contributed by atoms with E-state index in [1.165, 1.54) is 25.3 Å². The van der Waals surface area contributed by atoms with Crippen LogP contribution >= 0.6 is 11.6 Å². The summed E-state index contributed by atoms with van der Waals surface area (Å²) in [6, 6.07) is 4.64. The maximum Gasteiger partial charge on any atom is 0.334 e. The quantitative estimate of drug-likeness (QED) is 0.492. The summed E-state index contributed by atoms with van der Waals surface area (Å²) in [6.07, 6.45) is 1.26. The first-order valence-electron chi connectivity index (χ1n) is 6.14. The van der Waals surface area contributed by atoms with Crippen molar-refractivity contribution in [2.45, 2.75) is 13.5 Å². The molecule has 0 unspecified atom stereocenters. The van der Waals surface area contributed by atoms with E-state index in [2.05, 4.69) is 0 Å². The van der Waals surface area contributed by atoms with Crippen LogP contribution in [-0.4, -0.2) is 15.3 Å². The fourth-order valence-electron chi connectivity index (χ4n) is 1.90. The van der Waals surface area contributed by atoms with Gasteiger partial charge in [-0.15, -0.1) is 0 Å². The monoisotopic (exact) mass is 324 g/mol. The van der Waals surface area contributed by atoms with Gasteiger partial charge in [0, 0.05) is 17.8 Å². The number of nitrogens with zero attached hydrogens (tertiary/aromatic N) is 2. The number of halogens is 2. The zero-order valence-corrected chi connectivity index (χ0v) is 12.1. The van der Waals surface area contributed by atoms with E-state index < -0.39 is 34.3 Å². The van der Waals surface area contributed by atoms with Crippen molar-refractivity contribution in [2.24, 2.45) is 0 Å². The Bertz CT molecular complexity index is 832. The summed E-state index contributed by atoms with van der Waals surface area (Å²) in [6.45, 7) is 1.05. The number of Topliss-reactive ketones (excluding diaryl/α,β-unsaturated/α-hetero) is 1. The smallest absolute Gasteiger partial charge is 0.302 e. The van der Waals surface area contributed by atoms with E-state index in [1.807, 2.05) is 0 Å². The maximum atomic E-state index is 13.3. The average molecular weight is 325 g/mol. The molecule has 0 N–H and O–H groups in total. The van der Waals surface area contributed by atoms with Gasteiger partial charge in [0.1, 0.15) is 5.82 Å². The molecule has 0 fully saturated rings. The van der Waals surface area contributed by atoms with Crippen molar-refractivity contribution < 1.29 is 14.1 Å². The van der Waals surface area contributed by atoms with Gasteiger partial charge in [-0.3, -0.25) is 19.7 Å². The highest BCUT2D eigenvalue weighted by Gasteiger charge is 2.18. The van der Waals surface area contributed by atoms with Crippen LogP contribution in [0, 0.1) is 22.9 Å². The minimum absolute atomic E-state index is 0.0546. The predicted octanol–water partition coefficient (Wildman–Crippen LogP) is 2.74. The predicted molar refractivity (Wildman–Crippen MR) is 77.8 cm³/mol. The fraction of sp³-hybridized carbons (Fsp3) is 0.143. The standard InChI is InChI=1S/C14H10ClFN2O4/c1-8-5-9(10(15)6-11(8)16)13(19)7-17-4-2-3-12(14(17)20)18(21)22/h2-6H,7H2,1H3. The van der Waals surface area contributed by atoms with Crippen LogP contribution in [0.25, 0.3) is 0 Å². The maximum absolute atomic E-state index is 13.3. The van der Waals surface area contributed by atoms with Crippen LogP contribution in [0.1, 0.15) is 15.9 Å². The van der Waals surface area contributed by atoms with Crippen molar-refractivity contribution in [3.05, 3.63) is 72.9 Å². The lowest BCUT2D eigenvalue weighted by atomic mass is 10.1. The Morgan fingerprint density at radius 3 is 2.77 bits per heavy atom. The molecule has 0 spiro atoms. The summed E-state index contributed by atoms with van der Waals surface area (Å²) in [5.74, 6) is -1.09. The van der Waals surface area contributed by atoms with Gasteiger partial charge in [-0.05, 0) is 30.7 Å². The summed E-state index contributed by atoms with van der Waals surface area (Å²) in [5, 5.41) is 10.6. The lowest BCUT2D eigenvalue weighted by Crippen LogP contribution is -2.25. The third-order valence-corrected chi connectivity index (χ3v) is 3.37. The van der Waals surface area contributed by atoms with E-state index in [1.54, 1.807) is 0 Å². The number of benzene rings is 1. The first-order valence-corrected chi connectivity index (χ1v) is 6.51. The number of rotatable bonds is 4. The molecule has 1 aromatic heterocycles. The van der Waals surface area contributed by atoms with Crippen molar-refractivity contribution in [1.82, 2.24) is 4.57 Å². The van der Waals surface area contributed by atoms with E-state index in [4.69, 9.17) is 11.6 Å². The Morgan fingerprint density at radius 2 is 2.14 bits per heavy atom. The summed E-state index contributed by atoms with van der Waals surface area (Å²) in [7, 11) is 0. The van der Waals surface area contributed by atoms with Crippen molar-refractivity contribution in [2.75, 3.05) is 0 Å². The average Bonchev–Trinajstić information content (AvgIpc) is 2.44. The van der Waals surface area contributed by atoms with E-state index in [0.29, 0.717) is 0 Å². The van der Waals surface area contributed by atoms with Crippen LogP contribution in [0.4, 0.5) is 10.1 Å². The molecule has 1 heterocycles. The van der Waals surface area contributed by atoms with Gasteiger partial charge in [0.2, 0.25) is 0 Å². The van der Waals surface area contributed by atoms with Gasteiger partial charge < -0.3 is 4.57 Å². The summed E-state index contributed by atoms with van der Waals surface area (Å²) in [5.41, 5.74) is -1.23. The molecule has 0 bridgehead atoms. The van der Waals surface area contributed by atoms with Gasteiger partial charge in [-0.25, -0.2) is 4.39 Å². The summed E-state index contributed by atoms with van der Waals surface area (Å²) >= 11 is 5.83. The van der Waals surface area contributed by atoms with Crippen LogP contribution in [0.2, 0.25) is 5.02 Å². The number of carbonyl (C=O) groups is 1. The normalized spacial score (nSPS) is 10.5. The van der Waals surface area contributed by atoms with Crippen molar-refractivity contribution in [1.29, 1.82) is 0 Å². The van der Waals surface area contributed by atoms with Crippen LogP contribution < -0.4 is 5.56 Å². The Hall–Kier alpha value is -2.54. The van der Waals surface area contributed by atoms with E-state index in [-0.39, 0.29) is 16.1 Å². The topological polar surface area (TPSA) is 82.2 Å². The van der Waals surface area contributed by atoms with E-state index >= 15 is 0 Å². The highest BCUT2D eigenvalue weighted by atomic mass is 35.5. The zero-order chi connectivity index (χ0) is 16.4. The molecule has 114 valence electrons. The van der Waals surface area contributed by atoms with Crippen molar-refractivity contribution in [3.63, 3.8) is 0 Å². The second-order valence-electron chi connectivity index (χ2n) is 4.59. The second kappa shape index (κ2) is 6.07. The molecule has 0 aliphatic rings. The SMILES string of the molecule is Cc1cc(C(=O)Cn2cccc([N+](=O)[O-])c2=O)c(Cl)cc1F. The van der Waals surface area contributed by atoms with Gasteiger partial charge in [0.15, 0.2) is 5.78 Å². The summed E-state index contributed by atoms with van der Waals surface area (Å²) < 4.78 is 14.2. The number of aryl methyl sites for hydroxylation is 1. The van der Waals surface area contributed by atoms with Crippen LogP contribution in [-0.2, 0) is 6.54 Å². The van der Waals surface area contributed by atoms with Gasteiger partial charge in [-0.2, -0.15) is 0 Å². The lowest BCUT2D eigenvalue weighted by molar-refractivity contribution is -0.386. The third-order valence-electron chi connectivity index (χ3n) is 3.06. The molecule has 0 radical (unpaired) electrons. The van der Waals surface area contributed by atoms with Gasteiger partial charge >= 0.3 is 11.2 Å². The molecular weight excluding hydrogens is 315 g/mol.